The molecule has 0 fully saturated rings. The SMILES string of the molecule is N#CCCN(CCC#N)S(=O)(=O)c1ccc(C(=O)Nc2nnc(-c3ccc(Br)cc3)o2)cc1. The van der Waals surface area contributed by atoms with Crippen LogP contribution in [-0.2, 0) is 10.0 Å². The zero-order chi connectivity index (χ0) is 23.8. The van der Waals surface area contributed by atoms with E-state index in [2.05, 4.69) is 31.4 Å². The highest BCUT2D eigenvalue weighted by molar-refractivity contribution is 9.10. The van der Waals surface area contributed by atoms with E-state index < -0.39 is 15.9 Å². The van der Waals surface area contributed by atoms with E-state index in [0.29, 0.717) is 5.56 Å². The van der Waals surface area contributed by atoms with Crippen molar-refractivity contribution in [1.82, 2.24) is 14.5 Å². The highest BCUT2D eigenvalue weighted by Gasteiger charge is 2.24. The summed E-state index contributed by atoms with van der Waals surface area (Å²) in [6.07, 6.45) is -0.00481. The van der Waals surface area contributed by atoms with E-state index in [4.69, 9.17) is 14.9 Å². The fraction of sp³-hybridized carbons (Fsp3) is 0.190. The van der Waals surface area contributed by atoms with Crippen LogP contribution in [0.4, 0.5) is 6.01 Å². The summed E-state index contributed by atoms with van der Waals surface area (Å²) in [6.45, 7) is -0.0543. The van der Waals surface area contributed by atoms with Crippen molar-refractivity contribution in [2.45, 2.75) is 17.7 Å². The zero-order valence-corrected chi connectivity index (χ0v) is 19.5. The molecule has 10 nitrogen and oxygen atoms in total. The van der Waals surface area contributed by atoms with Crippen molar-refractivity contribution in [2.24, 2.45) is 0 Å². The van der Waals surface area contributed by atoms with Crippen molar-refractivity contribution < 1.29 is 17.6 Å². The molecule has 0 spiro atoms. The Balaban J connectivity index is 1.71. The lowest BCUT2D eigenvalue weighted by atomic mass is 10.2. The van der Waals surface area contributed by atoms with Crippen LogP contribution < -0.4 is 5.32 Å². The van der Waals surface area contributed by atoms with Gasteiger partial charge in [0.1, 0.15) is 0 Å². The zero-order valence-electron chi connectivity index (χ0n) is 17.1. The van der Waals surface area contributed by atoms with Gasteiger partial charge in [-0.15, -0.1) is 5.10 Å². The van der Waals surface area contributed by atoms with E-state index in [0.717, 1.165) is 8.78 Å². The molecule has 1 N–H and O–H groups in total. The van der Waals surface area contributed by atoms with Gasteiger partial charge in [-0.25, -0.2) is 8.42 Å². The second kappa shape index (κ2) is 10.8. The van der Waals surface area contributed by atoms with E-state index in [1.807, 2.05) is 24.3 Å². The summed E-state index contributed by atoms with van der Waals surface area (Å²) in [6, 6.07) is 16.1. The molecule has 1 aromatic heterocycles. The van der Waals surface area contributed by atoms with Gasteiger partial charge in [0.25, 0.3) is 5.91 Å². The summed E-state index contributed by atoms with van der Waals surface area (Å²) in [4.78, 5) is 12.5. The molecule has 0 aliphatic rings. The Morgan fingerprint density at radius 3 is 2.18 bits per heavy atom. The van der Waals surface area contributed by atoms with E-state index in [9.17, 15) is 13.2 Å². The second-order valence-electron chi connectivity index (χ2n) is 6.62. The molecule has 0 aliphatic heterocycles. The maximum Gasteiger partial charge on any atom is 0.322 e. The third-order valence-electron chi connectivity index (χ3n) is 4.44. The molecule has 3 aromatic rings. The smallest absolute Gasteiger partial charge is 0.322 e. The largest absolute Gasteiger partial charge is 0.403 e. The molecule has 0 unspecified atom stereocenters. The number of benzene rings is 2. The topological polar surface area (TPSA) is 153 Å². The molecule has 1 heterocycles. The number of halogens is 1. The predicted octanol–water partition coefficient (Wildman–Crippen LogP) is 3.57. The van der Waals surface area contributed by atoms with Gasteiger partial charge in [-0.3, -0.25) is 10.1 Å². The summed E-state index contributed by atoms with van der Waals surface area (Å²) >= 11 is 3.34. The van der Waals surface area contributed by atoms with Gasteiger partial charge in [0.15, 0.2) is 0 Å². The lowest BCUT2D eigenvalue weighted by Crippen LogP contribution is -2.32. The first-order valence-electron chi connectivity index (χ1n) is 9.60. The summed E-state index contributed by atoms with van der Waals surface area (Å²) in [5.74, 6) is -0.329. The molecule has 0 saturated heterocycles. The number of rotatable bonds is 9. The van der Waals surface area contributed by atoms with Crippen molar-refractivity contribution in [3.63, 3.8) is 0 Å². The number of amides is 1. The number of sulfonamides is 1. The summed E-state index contributed by atoms with van der Waals surface area (Å²) in [5, 5.41) is 27.7. The first kappa shape index (κ1) is 24.1. The summed E-state index contributed by atoms with van der Waals surface area (Å²) in [5.41, 5.74) is 0.857. The maximum absolute atomic E-state index is 12.8. The van der Waals surface area contributed by atoms with E-state index in [1.165, 1.54) is 24.3 Å². The van der Waals surface area contributed by atoms with Crippen LogP contribution in [0.15, 0.2) is 62.3 Å². The van der Waals surface area contributed by atoms with Gasteiger partial charge in [0.2, 0.25) is 15.9 Å². The fourth-order valence-electron chi connectivity index (χ4n) is 2.78. The number of carbonyl (C=O) groups excluding carboxylic acids is 1. The molecule has 0 saturated carbocycles. The molecule has 3 rings (SSSR count). The first-order chi connectivity index (χ1) is 15.8. The Hall–Kier alpha value is -3.58. The molecule has 0 aliphatic carbocycles. The van der Waals surface area contributed by atoms with Crippen LogP contribution in [0.25, 0.3) is 11.5 Å². The van der Waals surface area contributed by atoms with Gasteiger partial charge >= 0.3 is 6.01 Å². The number of hydrogen-bond donors (Lipinski definition) is 1. The van der Waals surface area contributed by atoms with E-state index in [-0.39, 0.29) is 48.3 Å². The van der Waals surface area contributed by atoms with Gasteiger partial charge in [0.05, 0.1) is 17.0 Å². The Bertz CT molecular complexity index is 1290. The number of aromatic nitrogens is 2. The third kappa shape index (κ3) is 6.02. The predicted molar refractivity (Wildman–Crippen MR) is 121 cm³/mol. The minimum Gasteiger partial charge on any atom is -0.403 e. The highest BCUT2D eigenvalue weighted by Crippen LogP contribution is 2.22. The number of anilines is 1. The number of nitrogens with zero attached hydrogens (tertiary/aromatic N) is 5. The molecule has 12 heteroatoms. The van der Waals surface area contributed by atoms with Crippen molar-refractivity contribution in [2.75, 3.05) is 18.4 Å². The molecule has 0 radical (unpaired) electrons. The van der Waals surface area contributed by atoms with Gasteiger partial charge in [-0.2, -0.15) is 14.8 Å². The van der Waals surface area contributed by atoms with Gasteiger partial charge in [-0.05, 0) is 48.5 Å². The molecular formula is C21H17BrN6O4S. The minimum absolute atomic E-state index is 0.00241. The maximum atomic E-state index is 12.8. The van der Waals surface area contributed by atoms with Gasteiger partial charge in [0, 0.05) is 41.5 Å². The molecule has 1 amide bonds. The molecule has 2 aromatic carbocycles. The standard InChI is InChI=1S/C21H17BrN6O4S/c22-17-7-3-16(4-8-17)20-26-27-21(32-20)25-19(29)15-5-9-18(10-6-15)33(30,31)28(13-1-11-23)14-2-12-24/h3-10H,1-2,13-14H2,(H,25,27,29). The Kier molecular flexibility index (Phi) is 7.90. The van der Waals surface area contributed by atoms with Crippen LogP contribution in [0.2, 0.25) is 0 Å². The van der Waals surface area contributed by atoms with Crippen molar-refractivity contribution in [1.29, 1.82) is 10.5 Å². The van der Waals surface area contributed by atoms with Crippen LogP contribution in [0.5, 0.6) is 0 Å². The Morgan fingerprint density at radius 2 is 1.61 bits per heavy atom. The molecular weight excluding hydrogens is 512 g/mol. The third-order valence-corrected chi connectivity index (χ3v) is 6.88. The Labute approximate surface area is 198 Å². The molecule has 0 bridgehead atoms. The van der Waals surface area contributed by atoms with Crippen LogP contribution in [0.3, 0.4) is 0 Å². The molecule has 168 valence electrons. The molecule has 0 atom stereocenters. The van der Waals surface area contributed by atoms with Crippen molar-refractivity contribution in [3.8, 4) is 23.6 Å². The highest BCUT2D eigenvalue weighted by atomic mass is 79.9. The lowest BCUT2D eigenvalue weighted by molar-refractivity contribution is 0.102. The van der Waals surface area contributed by atoms with Crippen LogP contribution in [0, 0.1) is 22.7 Å². The number of nitriles is 2. The quantitative estimate of drug-likeness (QED) is 0.442. The minimum atomic E-state index is -3.92. The summed E-state index contributed by atoms with van der Waals surface area (Å²) < 4.78 is 33.1. The van der Waals surface area contributed by atoms with Gasteiger partial charge in [-0.1, -0.05) is 21.0 Å². The van der Waals surface area contributed by atoms with Crippen LogP contribution in [0.1, 0.15) is 23.2 Å². The number of carbonyl (C=O) groups is 1. The normalized spacial score (nSPS) is 11.0. The van der Waals surface area contributed by atoms with E-state index in [1.54, 1.807) is 12.1 Å². The lowest BCUT2D eigenvalue weighted by Gasteiger charge is -2.20. The van der Waals surface area contributed by atoms with Crippen molar-refractivity contribution >= 4 is 37.9 Å². The summed E-state index contributed by atoms with van der Waals surface area (Å²) in [7, 11) is -3.92. The first-order valence-corrected chi connectivity index (χ1v) is 11.8. The monoisotopic (exact) mass is 528 g/mol. The van der Waals surface area contributed by atoms with E-state index >= 15 is 0 Å². The van der Waals surface area contributed by atoms with Crippen LogP contribution in [-0.4, -0.2) is 41.9 Å². The van der Waals surface area contributed by atoms with Crippen molar-refractivity contribution in [3.05, 3.63) is 58.6 Å². The fourth-order valence-corrected chi connectivity index (χ4v) is 4.49. The molecule has 33 heavy (non-hydrogen) atoms. The van der Waals surface area contributed by atoms with Crippen LogP contribution >= 0.6 is 15.9 Å². The number of nitrogens with one attached hydrogen (secondary N) is 1. The average molecular weight is 529 g/mol. The second-order valence-corrected chi connectivity index (χ2v) is 9.47. The average Bonchev–Trinajstić information content (AvgIpc) is 3.28. The van der Waals surface area contributed by atoms with Gasteiger partial charge < -0.3 is 4.42 Å². The number of hydrogen-bond acceptors (Lipinski definition) is 8. The Morgan fingerprint density at radius 1 is 1.00 bits per heavy atom.